The number of halogens is 1. The van der Waals surface area contributed by atoms with Crippen LogP contribution < -0.4 is 0 Å². The zero-order valence-electron chi connectivity index (χ0n) is 11.8. The second-order valence-electron chi connectivity index (χ2n) is 4.31. The highest BCUT2D eigenvalue weighted by Crippen LogP contribution is 2.29. The first-order valence-corrected chi connectivity index (χ1v) is 6.53. The number of allylic oxidation sites excluding steroid dienone is 1. The molecule has 4 heteroatoms. The van der Waals surface area contributed by atoms with Gasteiger partial charge in [-0.15, -0.1) is 6.58 Å². The molecular formula is C17H16FN3. The molecule has 0 amide bonds. The van der Waals surface area contributed by atoms with Gasteiger partial charge in [-0.1, -0.05) is 6.08 Å². The second-order valence-corrected chi connectivity index (χ2v) is 4.31. The minimum atomic E-state index is -0.247. The van der Waals surface area contributed by atoms with E-state index in [0.717, 1.165) is 22.4 Å². The summed E-state index contributed by atoms with van der Waals surface area (Å²) < 4.78 is 12.9. The maximum Gasteiger partial charge on any atom is 0.123 e. The average molecular weight is 281 g/mol. The standard InChI is InChI=1S/C14H10FN3.C3H6/c15-12-3-1-11(2-4-12)14-13(9-17-18-14)10-5-7-16-8-6-10;1-3-2/h1-9H,(H,17,18);3H,1H2,2H3. The third-order valence-corrected chi connectivity index (χ3v) is 2.76. The summed E-state index contributed by atoms with van der Waals surface area (Å²) in [6.45, 7) is 5.25. The fourth-order valence-electron chi connectivity index (χ4n) is 1.87. The van der Waals surface area contributed by atoms with E-state index < -0.39 is 0 Å². The van der Waals surface area contributed by atoms with E-state index in [-0.39, 0.29) is 5.82 Å². The highest BCUT2D eigenvalue weighted by atomic mass is 19.1. The van der Waals surface area contributed by atoms with Gasteiger partial charge < -0.3 is 0 Å². The Labute approximate surface area is 123 Å². The Bertz CT molecular complexity index is 688. The van der Waals surface area contributed by atoms with Crippen molar-refractivity contribution in [1.29, 1.82) is 0 Å². The van der Waals surface area contributed by atoms with Gasteiger partial charge in [0, 0.05) is 23.5 Å². The molecule has 3 aromatic rings. The van der Waals surface area contributed by atoms with E-state index in [1.54, 1.807) is 36.8 Å². The van der Waals surface area contributed by atoms with E-state index in [0.29, 0.717) is 0 Å². The molecule has 21 heavy (non-hydrogen) atoms. The number of hydrogen-bond acceptors (Lipinski definition) is 2. The lowest BCUT2D eigenvalue weighted by molar-refractivity contribution is 0.628. The molecule has 0 bridgehead atoms. The first kappa shape index (κ1) is 14.7. The molecule has 0 fully saturated rings. The van der Waals surface area contributed by atoms with Gasteiger partial charge in [-0.2, -0.15) is 5.10 Å². The Kier molecular flexibility index (Phi) is 4.99. The first-order valence-electron chi connectivity index (χ1n) is 6.53. The molecule has 3 rings (SSSR count). The molecule has 1 N–H and O–H groups in total. The van der Waals surface area contributed by atoms with Crippen LogP contribution in [0.25, 0.3) is 22.4 Å². The summed E-state index contributed by atoms with van der Waals surface area (Å²) in [6, 6.07) is 10.2. The van der Waals surface area contributed by atoms with Crippen molar-refractivity contribution in [3.05, 3.63) is 73.5 Å². The van der Waals surface area contributed by atoms with Crippen molar-refractivity contribution in [2.24, 2.45) is 0 Å². The summed E-state index contributed by atoms with van der Waals surface area (Å²) in [5, 5.41) is 7.01. The van der Waals surface area contributed by atoms with Crippen LogP contribution in [0, 0.1) is 5.82 Å². The van der Waals surface area contributed by atoms with Crippen LogP contribution in [0.2, 0.25) is 0 Å². The maximum absolute atomic E-state index is 12.9. The molecule has 1 aromatic carbocycles. The third-order valence-electron chi connectivity index (χ3n) is 2.76. The van der Waals surface area contributed by atoms with Gasteiger partial charge in [0.2, 0.25) is 0 Å². The Morgan fingerprint density at radius 2 is 1.67 bits per heavy atom. The van der Waals surface area contributed by atoms with Gasteiger partial charge >= 0.3 is 0 Å². The summed E-state index contributed by atoms with van der Waals surface area (Å²) in [5.74, 6) is -0.247. The normalized spacial score (nSPS) is 9.62. The first-order chi connectivity index (χ1) is 10.3. The third kappa shape index (κ3) is 3.63. The van der Waals surface area contributed by atoms with Crippen LogP contribution in [0.5, 0.6) is 0 Å². The van der Waals surface area contributed by atoms with Gasteiger partial charge in [0.25, 0.3) is 0 Å². The molecule has 0 aliphatic carbocycles. The van der Waals surface area contributed by atoms with Crippen molar-refractivity contribution in [3.8, 4) is 22.4 Å². The lowest BCUT2D eigenvalue weighted by Crippen LogP contribution is -1.83. The molecule has 3 nitrogen and oxygen atoms in total. The second kappa shape index (κ2) is 7.14. The predicted molar refractivity (Wildman–Crippen MR) is 83.1 cm³/mol. The number of nitrogens with one attached hydrogen (secondary N) is 1. The predicted octanol–water partition coefficient (Wildman–Crippen LogP) is 4.47. The Morgan fingerprint density at radius 1 is 1.05 bits per heavy atom. The zero-order chi connectivity index (χ0) is 15.1. The number of benzene rings is 1. The van der Waals surface area contributed by atoms with Gasteiger partial charge in [-0.25, -0.2) is 4.39 Å². The highest BCUT2D eigenvalue weighted by Gasteiger charge is 2.09. The summed E-state index contributed by atoms with van der Waals surface area (Å²) in [4.78, 5) is 3.99. The Hall–Kier alpha value is -2.75. The van der Waals surface area contributed by atoms with Crippen LogP contribution in [0.3, 0.4) is 0 Å². The van der Waals surface area contributed by atoms with Crippen LogP contribution in [-0.2, 0) is 0 Å². The number of H-pyrrole nitrogens is 1. The van der Waals surface area contributed by atoms with Gasteiger partial charge in [-0.05, 0) is 48.9 Å². The van der Waals surface area contributed by atoms with E-state index in [1.165, 1.54) is 12.1 Å². The van der Waals surface area contributed by atoms with Gasteiger partial charge in [0.05, 0.1) is 11.9 Å². The molecule has 0 spiro atoms. The number of aromatic nitrogens is 3. The van der Waals surface area contributed by atoms with E-state index in [4.69, 9.17) is 0 Å². The van der Waals surface area contributed by atoms with Crippen LogP contribution in [-0.4, -0.2) is 15.2 Å². The van der Waals surface area contributed by atoms with Gasteiger partial charge in [0.1, 0.15) is 5.82 Å². The average Bonchev–Trinajstić information content (AvgIpc) is 2.99. The molecule has 0 saturated heterocycles. The largest absolute Gasteiger partial charge is 0.277 e. The highest BCUT2D eigenvalue weighted by molar-refractivity contribution is 5.79. The Morgan fingerprint density at radius 3 is 2.29 bits per heavy atom. The quantitative estimate of drug-likeness (QED) is 0.704. The molecule has 0 aliphatic heterocycles. The van der Waals surface area contributed by atoms with Crippen molar-refractivity contribution in [2.75, 3.05) is 0 Å². The molecule has 0 radical (unpaired) electrons. The molecule has 0 saturated carbocycles. The molecule has 0 unspecified atom stereocenters. The Balaban J connectivity index is 0.000000497. The topological polar surface area (TPSA) is 41.6 Å². The summed E-state index contributed by atoms with van der Waals surface area (Å²) in [5.41, 5.74) is 3.78. The fourth-order valence-corrected chi connectivity index (χ4v) is 1.87. The number of nitrogens with zero attached hydrogens (tertiary/aromatic N) is 2. The van der Waals surface area contributed by atoms with E-state index in [2.05, 4.69) is 21.8 Å². The zero-order valence-corrected chi connectivity index (χ0v) is 11.8. The molecule has 2 aromatic heterocycles. The van der Waals surface area contributed by atoms with Crippen molar-refractivity contribution < 1.29 is 4.39 Å². The fraction of sp³-hybridized carbons (Fsp3) is 0.0588. The molecule has 2 heterocycles. The number of aromatic amines is 1. The molecule has 0 aliphatic rings. The van der Waals surface area contributed by atoms with Crippen LogP contribution in [0.15, 0.2) is 67.6 Å². The van der Waals surface area contributed by atoms with Gasteiger partial charge in [-0.3, -0.25) is 10.1 Å². The lowest BCUT2D eigenvalue weighted by Gasteiger charge is -2.03. The van der Waals surface area contributed by atoms with Crippen molar-refractivity contribution in [3.63, 3.8) is 0 Å². The summed E-state index contributed by atoms with van der Waals surface area (Å²) in [6.07, 6.45) is 6.97. The number of hydrogen-bond donors (Lipinski definition) is 1. The van der Waals surface area contributed by atoms with E-state index in [1.807, 2.05) is 19.1 Å². The van der Waals surface area contributed by atoms with Crippen molar-refractivity contribution in [2.45, 2.75) is 6.92 Å². The number of pyridine rings is 1. The van der Waals surface area contributed by atoms with Crippen LogP contribution >= 0.6 is 0 Å². The van der Waals surface area contributed by atoms with Crippen molar-refractivity contribution in [1.82, 2.24) is 15.2 Å². The monoisotopic (exact) mass is 281 g/mol. The SMILES string of the molecule is C=CC.Fc1ccc(-c2[nH]ncc2-c2ccncc2)cc1. The smallest absolute Gasteiger partial charge is 0.123 e. The van der Waals surface area contributed by atoms with E-state index in [9.17, 15) is 4.39 Å². The van der Waals surface area contributed by atoms with Crippen LogP contribution in [0.1, 0.15) is 6.92 Å². The van der Waals surface area contributed by atoms with E-state index >= 15 is 0 Å². The molecular weight excluding hydrogens is 265 g/mol. The maximum atomic E-state index is 12.9. The lowest BCUT2D eigenvalue weighted by atomic mass is 10.0. The summed E-state index contributed by atoms with van der Waals surface area (Å²) in [7, 11) is 0. The minimum absolute atomic E-state index is 0.247. The van der Waals surface area contributed by atoms with Crippen molar-refractivity contribution >= 4 is 0 Å². The van der Waals surface area contributed by atoms with Gasteiger partial charge in [0.15, 0.2) is 0 Å². The minimum Gasteiger partial charge on any atom is -0.277 e. The number of rotatable bonds is 2. The molecule has 0 atom stereocenters. The van der Waals surface area contributed by atoms with Crippen LogP contribution in [0.4, 0.5) is 4.39 Å². The summed E-state index contributed by atoms with van der Waals surface area (Å²) >= 11 is 0. The molecule has 106 valence electrons.